The van der Waals surface area contributed by atoms with E-state index in [0.29, 0.717) is 21.9 Å². The number of nitrogens with zero attached hydrogens (tertiary/aromatic N) is 1. The van der Waals surface area contributed by atoms with E-state index in [-0.39, 0.29) is 4.90 Å². The number of aromatic amines is 1. The van der Waals surface area contributed by atoms with Gasteiger partial charge in [-0.05, 0) is 24.6 Å². The number of anilines is 1. The molecule has 110 valence electrons. The molecule has 2 heterocycles. The second-order valence-electron chi connectivity index (χ2n) is 4.85. The maximum absolute atomic E-state index is 11.8. The van der Waals surface area contributed by atoms with Crippen molar-refractivity contribution in [1.29, 1.82) is 0 Å². The molecule has 3 rings (SSSR count). The van der Waals surface area contributed by atoms with E-state index in [4.69, 9.17) is 5.73 Å². The van der Waals surface area contributed by atoms with Crippen molar-refractivity contribution >= 4 is 37.2 Å². The SMILES string of the molecule is CCc1cc(-c2nc3c(S(C)(=O)=O)cccc3[nH]2)c(N)s1. The topological polar surface area (TPSA) is 88.8 Å². The highest BCUT2D eigenvalue weighted by molar-refractivity contribution is 7.91. The van der Waals surface area contributed by atoms with Gasteiger partial charge < -0.3 is 10.7 Å². The van der Waals surface area contributed by atoms with Gasteiger partial charge in [0.15, 0.2) is 9.84 Å². The van der Waals surface area contributed by atoms with E-state index >= 15 is 0 Å². The fraction of sp³-hybridized carbons (Fsp3) is 0.214. The Labute approximate surface area is 126 Å². The monoisotopic (exact) mass is 321 g/mol. The molecule has 0 aliphatic heterocycles. The molecule has 3 N–H and O–H groups in total. The van der Waals surface area contributed by atoms with Crippen molar-refractivity contribution in [3.63, 3.8) is 0 Å². The Morgan fingerprint density at radius 1 is 1.38 bits per heavy atom. The second-order valence-corrected chi connectivity index (χ2v) is 8.01. The highest BCUT2D eigenvalue weighted by Gasteiger charge is 2.17. The summed E-state index contributed by atoms with van der Waals surface area (Å²) in [6.07, 6.45) is 2.09. The highest BCUT2D eigenvalue weighted by atomic mass is 32.2. The van der Waals surface area contributed by atoms with E-state index < -0.39 is 9.84 Å². The number of aromatic nitrogens is 2. The number of imidazole rings is 1. The zero-order chi connectivity index (χ0) is 15.2. The molecule has 0 unspecified atom stereocenters. The molecule has 3 aromatic rings. The largest absolute Gasteiger partial charge is 0.390 e. The van der Waals surface area contributed by atoms with Gasteiger partial charge in [0.1, 0.15) is 11.3 Å². The molecule has 0 saturated heterocycles. The lowest BCUT2D eigenvalue weighted by Crippen LogP contribution is -1.97. The third kappa shape index (κ3) is 2.43. The van der Waals surface area contributed by atoms with Gasteiger partial charge in [-0.3, -0.25) is 0 Å². The summed E-state index contributed by atoms with van der Waals surface area (Å²) in [4.78, 5) is 9.00. The number of rotatable bonds is 3. The predicted octanol–water partition coefficient (Wildman–Crippen LogP) is 2.84. The van der Waals surface area contributed by atoms with Crippen molar-refractivity contribution in [3.05, 3.63) is 29.1 Å². The number of nitrogens with two attached hydrogens (primary N) is 1. The first-order chi connectivity index (χ1) is 9.90. The van der Waals surface area contributed by atoms with Crippen LogP contribution in [0.5, 0.6) is 0 Å². The van der Waals surface area contributed by atoms with E-state index in [2.05, 4.69) is 16.9 Å². The number of thiophene rings is 1. The van der Waals surface area contributed by atoms with Crippen molar-refractivity contribution in [1.82, 2.24) is 9.97 Å². The molecular formula is C14H15N3O2S2. The van der Waals surface area contributed by atoms with Crippen LogP contribution in [0.4, 0.5) is 5.00 Å². The van der Waals surface area contributed by atoms with Gasteiger partial charge in [0.05, 0.1) is 21.0 Å². The predicted molar refractivity (Wildman–Crippen MR) is 86.3 cm³/mol. The number of hydrogen-bond acceptors (Lipinski definition) is 5. The van der Waals surface area contributed by atoms with Gasteiger partial charge in [0.25, 0.3) is 0 Å². The van der Waals surface area contributed by atoms with Gasteiger partial charge >= 0.3 is 0 Å². The van der Waals surface area contributed by atoms with Crippen LogP contribution in [0.25, 0.3) is 22.4 Å². The highest BCUT2D eigenvalue weighted by Crippen LogP contribution is 2.34. The summed E-state index contributed by atoms with van der Waals surface area (Å²) in [5.74, 6) is 0.606. The van der Waals surface area contributed by atoms with E-state index in [1.54, 1.807) is 12.1 Å². The van der Waals surface area contributed by atoms with Gasteiger partial charge in [0.2, 0.25) is 0 Å². The van der Waals surface area contributed by atoms with Crippen molar-refractivity contribution in [3.8, 4) is 11.4 Å². The Kier molecular flexibility index (Phi) is 3.26. The number of nitrogen functional groups attached to an aromatic ring is 1. The van der Waals surface area contributed by atoms with Crippen molar-refractivity contribution in [2.75, 3.05) is 12.0 Å². The normalized spacial score (nSPS) is 12.1. The van der Waals surface area contributed by atoms with Crippen molar-refractivity contribution in [2.45, 2.75) is 18.2 Å². The number of sulfone groups is 1. The maximum atomic E-state index is 11.8. The van der Waals surface area contributed by atoms with Gasteiger partial charge in [-0.25, -0.2) is 13.4 Å². The summed E-state index contributed by atoms with van der Waals surface area (Å²) in [5, 5.41) is 0.687. The third-order valence-corrected chi connectivity index (χ3v) is 5.53. The minimum Gasteiger partial charge on any atom is -0.390 e. The summed E-state index contributed by atoms with van der Waals surface area (Å²) in [6, 6.07) is 7.08. The molecule has 0 amide bonds. The molecule has 5 nitrogen and oxygen atoms in total. The standard InChI is InChI=1S/C14H15N3O2S2/c1-3-8-7-9(13(15)20-8)14-16-10-5-4-6-11(12(10)17-14)21(2,18)19/h4-7H,3,15H2,1-2H3,(H,16,17). The lowest BCUT2D eigenvalue weighted by Gasteiger charge is -1.97. The third-order valence-electron chi connectivity index (χ3n) is 3.29. The van der Waals surface area contributed by atoms with Gasteiger partial charge in [0, 0.05) is 11.1 Å². The molecule has 0 fully saturated rings. The first-order valence-corrected chi connectivity index (χ1v) is 9.18. The molecule has 1 aromatic carbocycles. The quantitative estimate of drug-likeness (QED) is 0.776. The molecule has 0 bridgehead atoms. The molecule has 21 heavy (non-hydrogen) atoms. The molecule has 0 aliphatic rings. The number of nitrogens with one attached hydrogen (secondary N) is 1. The lowest BCUT2D eigenvalue weighted by molar-refractivity contribution is 0.602. The number of fused-ring (bicyclic) bond motifs is 1. The fourth-order valence-electron chi connectivity index (χ4n) is 2.25. The van der Waals surface area contributed by atoms with Crippen molar-refractivity contribution in [2.24, 2.45) is 0 Å². The molecule has 0 atom stereocenters. The van der Waals surface area contributed by atoms with E-state index in [1.165, 1.54) is 22.5 Å². The molecule has 0 aliphatic carbocycles. The van der Waals surface area contributed by atoms with Crippen LogP contribution < -0.4 is 5.73 Å². The smallest absolute Gasteiger partial charge is 0.177 e. The second kappa shape index (κ2) is 4.85. The van der Waals surface area contributed by atoms with E-state index in [9.17, 15) is 8.42 Å². The van der Waals surface area contributed by atoms with Crippen LogP contribution in [0.3, 0.4) is 0 Å². The van der Waals surface area contributed by atoms with Gasteiger partial charge in [-0.2, -0.15) is 0 Å². The average molecular weight is 321 g/mol. The Morgan fingerprint density at radius 3 is 2.76 bits per heavy atom. The molecule has 0 spiro atoms. The lowest BCUT2D eigenvalue weighted by atomic mass is 10.2. The summed E-state index contributed by atoms with van der Waals surface area (Å²) < 4.78 is 23.7. The number of hydrogen-bond donors (Lipinski definition) is 2. The summed E-state index contributed by atoms with van der Waals surface area (Å²) >= 11 is 1.53. The van der Waals surface area contributed by atoms with Crippen molar-refractivity contribution < 1.29 is 8.42 Å². The minimum atomic E-state index is -3.32. The van der Waals surface area contributed by atoms with E-state index in [0.717, 1.165) is 12.0 Å². The van der Waals surface area contributed by atoms with Gasteiger partial charge in [-0.15, -0.1) is 11.3 Å². The van der Waals surface area contributed by atoms with Crippen LogP contribution in [0.1, 0.15) is 11.8 Å². The number of benzene rings is 1. The summed E-state index contributed by atoms with van der Waals surface area (Å²) in [6.45, 7) is 2.06. The number of H-pyrrole nitrogens is 1. The Balaban J connectivity index is 2.24. The first-order valence-electron chi connectivity index (χ1n) is 6.47. The van der Waals surface area contributed by atoms with Crippen LogP contribution in [0.2, 0.25) is 0 Å². The van der Waals surface area contributed by atoms with Gasteiger partial charge in [-0.1, -0.05) is 13.0 Å². The summed E-state index contributed by atoms with van der Waals surface area (Å²) in [5.41, 5.74) is 8.01. The molecule has 0 saturated carbocycles. The van der Waals surface area contributed by atoms with Crippen LogP contribution in [0.15, 0.2) is 29.2 Å². The Hall–Kier alpha value is -1.86. The zero-order valence-corrected chi connectivity index (χ0v) is 13.3. The molecule has 0 radical (unpaired) electrons. The number of para-hydroxylation sites is 1. The first kappa shape index (κ1) is 14.1. The Bertz CT molecular complexity index is 923. The fourth-order valence-corrected chi connectivity index (χ4v) is 3.95. The Morgan fingerprint density at radius 2 is 2.14 bits per heavy atom. The van der Waals surface area contributed by atoms with Crippen LogP contribution >= 0.6 is 11.3 Å². The maximum Gasteiger partial charge on any atom is 0.177 e. The van der Waals surface area contributed by atoms with Crippen LogP contribution in [0, 0.1) is 0 Å². The number of aryl methyl sites for hydroxylation is 1. The van der Waals surface area contributed by atoms with Crippen LogP contribution in [-0.4, -0.2) is 24.6 Å². The minimum absolute atomic E-state index is 0.229. The van der Waals surface area contributed by atoms with Crippen LogP contribution in [-0.2, 0) is 16.3 Å². The molecule has 7 heteroatoms. The summed E-state index contributed by atoms with van der Waals surface area (Å²) in [7, 11) is -3.32. The average Bonchev–Trinajstić information content (AvgIpc) is 2.99. The molecule has 2 aromatic heterocycles. The molecular weight excluding hydrogens is 306 g/mol. The zero-order valence-electron chi connectivity index (χ0n) is 11.7. The van der Waals surface area contributed by atoms with E-state index in [1.807, 2.05) is 12.1 Å².